The number of amides is 1. The predicted octanol–water partition coefficient (Wildman–Crippen LogP) is 4.42. The number of carbonyl (C=O) groups is 2. The maximum Gasteiger partial charge on any atom is 0.341 e. The molecular weight excluding hydrogens is 322 g/mol. The Bertz CT molecular complexity index is 658. The minimum Gasteiger partial charge on any atom is -0.465 e. The maximum absolute atomic E-state index is 12.3. The highest BCUT2D eigenvalue weighted by atomic mass is 32.1. The lowest BCUT2D eigenvalue weighted by Gasteiger charge is -2.36. The number of nitrogens with one attached hydrogen (secondary N) is 1. The number of hydrogen-bond donors (Lipinski definition) is 1. The molecule has 0 aromatic carbocycles. The van der Waals surface area contributed by atoms with Crippen LogP contribution in [0.4, 0.5) is 5.00 Å². The summed E-state index contributed by atoms with van der Waals surface area (Å²) >= 11 is 1.58. The van der Waals surface area contributed by atoms with Gasteiger partial charge in [0, 0.05) is 10.8 Å². The van der Waals surface area contributed by atoms with Gasteiger partial charge in [-0.1, -0.05) is 27.2 Å². The van der Waals surface area contributed by atoms with E-state index in [0.29, 0.717) is 21.9 Å². The van der Waals surface area contributed by atoms with Gasteiger partial charge in [-0.3, -0.25) is 4.79 Å². The van der Waals surface area contributed by atoms with Crippen molar-refractivity contribution in [3.05, 3.63) is 16.0 Å². The summed E-state index contributed by atoms with van der Waals surface area (Å²) in [5.74, 6) is 0.462. The monoisotopic (exact) mass is 349 g/mol. The first-order valence-corrected chi connectivity index (χ1v) is 9.72. The van der Waals surface area contributed by atoms with Crippen molar-refractivity contribution in [3.8, 4) is 0 Å². The van der Waals surface area contributed by atoms with Gasteiger partial charge in [0.15, 0.2) is 0 Å². The minimum atomic E-state index is -0.327. The number of thiophene rings is 1. The van der Waals surface area contributed by atoms with Crippen LogP contribution in [0.1, 0.15) is 67.3 Å². The molecule has 5 heteroatoms. The zero-order chi connectivity index (χ0) is 17.5. The first kappa shape index (κ1) is 17.5. The Morgan fingerprint density at radius 1 is 1.29 bits per heavy atom. The molecule has 2 aliphatic rings. The highest BCUT2D eigenvalue weighted by Gasteiger charge is 2.37. The van der Waals surface area contributed by atoms with E-state index in [1.165, 1.54) is 12.0 Å². The van der Waals surface area contributed by atoms with Gasteiger partial charge in [-0.25, -0.2) is 4.79 Å². The van der Waals surface area contributed by atoms with E-state index in [2.05, 4.69) is 26.1 Å². The van der Waals surface area contributed by atoms with Crippen molar-refractivity contribution in [1.82, 2.24) is 0 Å². The number of anilines is 1. The minimum absolute atomic E-state index is 0.0455. The molecule has 0 bridgehead atoms. The smallest absolute Gasteiger partial charge is 0.341 e. The molecule has 0 spiro atoms. The number of carbonyl (C=O) groups excluding carboxylic acids is 2. The van der Waals surface area contributed by atoms with Crippen molar-refractivity contribution in [1.29, 1.82) is 0 Å². The van der Waals surface area contributed by atoms with Crippen LogP contribution in [0.5, 0.6) is 0 Å². The summed E-state index contributed by atoms with van der Waals surface area (Å²) in [5.41, 5.74) is 1.99. The van der Waals surface area contributed by atoms with Gasteiger partial charge in [-0.15, -0.1) is 11.3 Å². The van der Waals surface area contributed by atoms with Crippen LogP contribution in [0.3, 0.4) is 0 Å². The lowest BCUT2D eigenvalue weighted by Crippen LogP contribution is -2.28. The Morgan fingerprint density at radius 2 is 2.00 bits per heavy atom. The Hall–Kier alpha value is -1.36. The molecule has 0 radical (unpaired) electrons. The van der Waals surface area contributed by atoms with Gasteiger partial charge in [-0.2, -0.15) is 0 Å². The molecule has 0 saturated heterocycles. The Morgan fingerprint density at radius 3 is 2.58 bits per heavy atom. The lowest BCUT2D eigenvalue weighted by molar-refractivity contribution is -0.117. The molecule has 1 aromatic rings. The highest BCUT2D eigenvalue weighted by Crippen LogP contribution is 2.46. The Balaban J connectivity index is 1.91. The van der Waals surface area contributed by atoms with Crippen LogP contribution in [0.2, 0.25) is 0 Å². The van der Waals surface area contributed by atoms with Crippen LogP contribution in [-0.2, 0) is 22.4 Å². The normalized spacial score (nSPS) is 20.4. The van der Waals surface area contributed by atoms with Gasteiger partial charge >= 0.3 is 5.97 Å². The van der Waals surface area contributed by atoms with E-state index in [-0.39, 0.29) is 17.8 Å². The van der Waals surface area contributed by atoms with Gasteiger partial charge in [0.25, 0.3) is 0 Å². The topological polar surface area (TPSA) is 55.4 Å². The third-order valence-electron chi connectivity index (χ3n) is 5.86. The molecular formula is C19H27NO3S. The summed E-state index contributed by atoms with van der Waals surface area (Å²) < 4.78 is 4.99. The van der Waals surface area contributed by atoms with E-state index in [9.17, 15) is 9.59 Å². The van der Waals surface area contributed by atoms with E-state index in [4.69, 9.17) is 4.74 Å². The predicted molar refractivity (Wildman–Crippen MR) is 96.6 cm³/mol. The van der Waals surface area contributed by atoms with Gasteiger partial charge in [0.2, 0.25) is 5.91 Å². The third-order valence-corrected chi connectivity index (χ3v) is 7.03. The quantitative estimate of drug-likeness (QED) is 0.800. The van der Waals surface area contributed by atoms with Crippen LogP contribution >= 0.6 is 11.3 Å². The number of rotatable bonds is 5. The molecule has 3 rings (SSSR count). The molecule has 1 atom stereocenters. The molecule has 1 aromatic heterocycles. The Kier molecular flexibility index (Phi) is 4.73. The second-order valence-electron chi connectivity index (χ2n) is 7.74. The van der Waals surface area contributed by atoms with E-state index in [0.717, 1.165) is 44.1 Å². The van der Waals surface area contributed by atoms with Crippen LogP contribution in [0.25, 0.3) is 0 Å². The van der Waals surface area contributed by atoms with Gasteiger partial charge < -0.3 is 10.1 Å². The first-order valence-electron chi connectivity index (χ1n) is 8.91. The maximum atomic E-state index is 12.3. The Labute approximate surface area is 148 Å². The van der Waals surface area contributed by atoms with Crippen LogP contribution < -0.4 is 5.32 Å². The number of fused-ring (bicyclic) bond motifs is 1. The highest BCUT2D eigenvalue weighted by molar-refractivity contribution is 7.17. The van der Waals surface area contributed by atoms with E-state index >= 15 is 0 Å². The van der Waals surface area contributed by atoms with Gasteiger partial charge in [0.1, 0.15) is 5.00 Å². The van der Waals surface area contributed by atoms with Crippen molar-refractivity contribution in [2.45, 2.75) is 59.3 Å². The van der Waals surface area contributed by atoms with Gasteiger partial charge in [0.05, 0.1) is 12.7 Å². The number of ether oxygens (including phenoxy) is 1. The average Bonchev–Trinajstić information content (AvgIpc) is 3.35. The standard InChI is InChI=1S/C19H27NO3S/c1-5-19(2,3)12-8-9-13-14(10-12)24-17(15(13)18(22)23-4)20-16(21)11-6-7-11/h11-12H,5-10H2,1-4H3,(H,20,21). The van der Waals surface area contributed by atoms with E-state index < -0.39 is 0 Å². The molecule has 132 valence electrons. The molecule has 1 fully saturated rings. The third kappa shape index (κ3) is 3.23. The first-order chi connectivity index (χ1) is 11.4. The molecule has 1 amide bonds. The molecule has 1 saturated carbocycles. The fourth-order valence-electron chi connectivity index (χ4n) is 3.51. The molecule has 4 nitrogen and oxygen atoms in total. The molecule has 1 unspecified atom stereocenters. The van der Waals surface area contributed by atoms with Crippen LogP contribution in [-0.4, -0.2) is 19.0 Å². The lowest BCUT2D eigenvalue weighted by atomic mass is 9.69. The summed E-state index contributed by atoms with van der Waals surface area (Å²) in [6, 6.07) is 0. The second-order valence-corrected chi connectivity index (χ2v) is 8.85. The zero-order valence-electron chi connectivity index (χ0n) is 15.0. The number of methoxy groups -OCH3 is 1. The summed E-state index contributed by atoms with van der Waals surface area (Å²) in [6.45, 7) is 6.89. The van der Waals surface area contributed by atoms with Crippen molar-refractivity contribution >= 4 is 28.2 Å². The van der Waals surface area contributed by atoms with Crippen molar-refractivity contribution in [3.63, 3.8) is 0 Å². The number of hydrogen-bond acceptors (Lipinski definition) is 4. The summed E-state index contributed by atoms with van der Waals surface area (Å²) in [5, 5.41) is 3.68. The summed E-state index contributed by atoms with van der Waals surface area (Å²) in [7, 11) is 1.41. The fourth-order valence-corrected chi connectivity index (χ4v) is 4.83. The fraction of sp³-hybridized carbons (Fsp3) is 0.684. The molecule has 1 heterocycles. The summed E-state index contributed by atoms with van der Waals surface area (Å²) in [4.78, 5) is 25.7. The molecule has 2 aliphatic carbocycles. The average molecular weight is 349 g/mol. The largest absolute Gasteiger partial charge is 0.465 e. The van der Waals surface area contributed by atoms with Crippen molar-refractivity contribution < 1.29 is 14.3 Å². The van der Waals surface area contributed by atoms with Crippen LogP contribution in [0, 0.1) is 17.3 Å². The SMILES string of the molecule is CCC(C)(C)C1CCc2c(sc(NC(=O)C3CC3)c2C(=O)OC)C1. The number of esters is 1. The second kappa shape index (κ2) is 6.51. The molecule has 1 N–H and O–H groups in total. The van der Waals surface area contributed by atoms with E-state index in [1.807, 2.05) is 0 Å². The molecule has 0 aliphatic heterocycles. The molecule has 24 heavy (non-hydrogen) atoms. The van der Waals surface area contributed by atoms with Crippen molar-refractivity contribution in [2.75, 3.05) is 12.4 Å². The zero-order valence-corrected chi connectivity index (χ0v) is 15.8. The summed E-state index contributed by atoms with van der Waals surface area (Å²) in [6.07, 6.45) is 6.03. The van der Waals surface area contributed by atoms with Gasteiger partial charge in [-0.05, 0) is 49.0 Å². The van der Waals surface area contributed by atoms with Crippen LogP contribution in [0.15, 0.2) is 0 Å². The van der Waals surface area contributed by atoms with Crippen molar-refractivity contribution in [2.24, 2.45) is 17.3 Å². The van der Waals surface area contributed by atoms with E-state index in [1.54, 1.807) is 11.3 Å².